The van der Waals surface area contributed by atoms with Gasteiger partial charge in [0.25, 0.3) is 11.8 Å². The number of rotatable bonds is 7. The number of para-hydroxylation sites is 1. The maximum absolute atomic E-state index is 13.0. The van der Waals surface area contributed by atoms with Gasteiger partial charge in [-0.1, -0.05) is 38.1 Å². The highest BCUT2D eigenvalue weighted by molar-refractivity contribution is 5.97. The Morgan fingerprint density at radius 1 is 0.871 bits per heavy atom. The van der Waals surface area contributed by atoms with E-state index in [1.54, 1.807) is 19.2 Å². The normalized spacial score (nSPS) is 14.5. The van der Waals surface area contributed by atoms with Crippen LogP contribution in [-0.2, 0) is 6.54 Å². The molecule has 1 aliphatic rings. The van der Waals surface area contributed by atoms with E-state index in [0.717, 1.165) is 26.1 Å². The Labute approximate surface area is 185 Å². The standard InChI is InChI=1S/C25H33N3O3/c1-4-26(5-2)19-20-11-13-21(14-12-20)24(29)27-15-8-16-28(18-17-27)25(30)22-9-6-7-10-23(22)31-3/h6-7,9-14H,4-5,8,15-19H2,1-3H3. The summed E-state index contributed by atoms with van der Waals surface area (Å²) >= 11 is 0. The summed E-state index contributed by atoms with van der Waals surface area (Å²) in [4.78, 5) is 32.0. The lowest BCUT2D eigenvalue weighted by Crippen LogP contribution is -2.37. The smallest absolute Gasteiger partial charge is 0.257 e. The molecule has 2 aromatic carbocycles. The van der Waals surface area contributed by atoms with Crippen molar-refractivity contribution in [1.29, 1.82) is 0 Å². The molecule has 0 saturated carbocycles. The summed E-state index contributed by atoms with van der Waals surface area (Å²) in [6.45, 7) is 9.54. The molecule has 3 rings (SSSR count). The molecule has 31 heavy (non-hydrogen) atoms. The lowest BCUT2D eigenvalue weighted by atomic mass is 10.1. The Hall–Kier alpha value is -2.86. The number of carbonyl (C=O) groups excluding carboxylic acids is 2. The summed E-state index contributed by atoms with van der Waals surface area (Å²) in [5.41, 5.74) is 2.48. The third-order valence-corrected chi connectivity index (χ3v) is 5.91. The van der Waals surface area contributed by atoms with Gasteiger partial charge < -0.3 is 14.5 Å². The first-order chi connectivity index (χ1) is 15.1. The molecular weight excluding hydrogens is 390 g/mol. The van der Waals surface area contributed by atoms with Crippen LogP contribution in [0.25, 0.3) is 0 Å². The number of ether oxygens (including phenoxy) is 1. The highest BCUT2D eigenvalue weighted by Gasteiger charge is 2.25. The predicted molar refractivity (Wildman–Crippen MR) is 122 cm³/mol. The molecule has 0 N–H and O–H groups in total. The molecule has 2 amide bonds. The fraction of sp³-hybridized carbons (Fsp3) is 0.440. The lowest BCUT2D eigenvalue weighted by Gasteiger charge is -2.23. The largest absolute Gasteiger partial charge is 0.496 e. The second-order valence-corrected chi connectivity index (χ2v) is 7.80. The van der Waals surface area contributed by atoms with Gasteiger partial charge in [0.05, 0.1) is 12.7 Å². The minimum atomic E-state index is -0.0486. The Morgan fingerprint density at radius 3 is 2.10 bits per heavy atom. The van der Waals surface area contributed by atoms with Crippen molar-refractivity contribution in [3.63, 3.8) is 0 Å². The molecule has 6 heteroatoms. The van der Waals surface area contributed by atoms with E-state index >= 15 is 0 Å². The van der Waals surface area contributed by atoms with Crippen molar-refractivity contribution in [3.8, 4) is 5.75 Å². The van der Waals surface area contributed by atoms with Crippen molar-refractivity contribution in [1.82, 2.24) is 14.7 Å². The topological polar surface area (TPSA) is 53.1 Å². The predicted octanol–water partition coefficient (Wildman–Crippen LogP) is 3.53. The highest BCUT2D eigenvalue weighted by Crippen LogP contribution is 2.20. The summed E-state index contributed by atoms with van der Waals surface area (Å²) in [7, 11) is 1.57. The SMILES string of the molecule is CCN(CC)Cc1ccc(C(=O)N2CCCN(C(=O)c3ccccc3OC)CC2)cc1. The van der Waals surface area contributed by atoms with Crippen molar-refractivity contribution < 1.29 is 14.3 Å². The molecule has 1 fully saturated rings. The van der Waals surface area contributed by atoms with E-state index in [4.69, 9.17) is 4.74 Å². The molecule has 0 atom stereocenters. The van der Waals surface area contributed by atoms with Gasteiger partial charge in [0.1, 0.15) is 5.75 Å². The number of hydrogen-bond acceptors (Lipinski definition) is 4. The average molecular weight is 424 g/mol. The number of amides is 2. The van der Waals surface area contributed by atoms with Crippen molar-refractivity contribution in [3.05, 3.63) is 65.2 Å². The maximum Gasteiger partial charge on any atom is 0.257 e. The number of nitrogens with zero attached hydrogens (tertiary/aromatic N) is 3. The van der Waals surface area contributed by atoms with Gasteiger partial charge in [-0.25, -0.2) is 0 Å². The zero-order valence-corrected chi connectivity index (χ0v) is 18.8. The van der Waals surface area contributed by atoms with E-state index in [1.807, 2.05) is 46.2 Å². The maximum atomic E-state index is 13.0. The molecule has 1 aliphatic heterocycles. The van der Waals surface area contributed by atoms with Crippen LogP contribution in [0.15, 0.2) is 48.5 Å². The minimum Gasteiger partial charge on any atom is -0.496 e. The molecule has 0 unspecified atom stereocenters. The number of carbonyl (C=O) groups is 2. The lowest BCUT2D eigenvalue weighted by molar-refractivity contribution is 0.0717. The van der Waals surface area contributed by atoms with Gasteiger partial charge in [0.2, 0.25) is 0 Å². The van der Waals surface area contributed by atoms with Crippen molar-refractivity contribution >= 4 is 11.8 Å². The molecule has 0 bridgehead atoms. The molecular formula is C25H33N3O3. The van der Waals surface area contributed by atoms with Crippen LogP contribution in [0.3, 0.4) is 0 Å². The van der Waals surface area contributed by atoms with Crippen molar-refractivity contribution in [2.45, 2.75) is 26.8 Å². The fourth-order valence-electron chi connectivity index (χ4n) is 3.96. The van der Waals surface area contributed by atoms with Crippen LogP contribution >= 0.6 is 0 Å². The van der Waals surface area contributed by atoms with Crippen molar-refractivity contribution in [2.24, 2.45) is 0 Å². The van der Waals surface area contributed by atoms with E-state index in [1.165, 1.54) is 5.56 Å². The zero-order valence-electron chi connectivity index (χ0n) is 18.8. The molecule has 0 radical (unpaired) electrons. The second kappa shape index (κ2) is 11.0. The Morgan fingerprint density at radius 2 is 1.48 bits per heavy atom. The summed E-state index contributed by atoms with van der Waals surface area (Å²) < 4.78 is 5.34. The quantitative estimate of drug-likeness (QED) is 0.684. The molecule has 0 aliphatic carbocycles. The van der Waals surface area contributed by atoms with Crippen LogP contribution in [0.5, 0.6) is 5.75 Å². The first-order valence-electron chi connectivity index (χ1n) is 11.1. The van der Waals surface area contributed by atoms with Crippen molar-refractivity contribution in [2.75, 3.05) is 46.4 Å². The average Bonchev–Trinajstić information content (AvgIpc) is 3.08. The molecule has 1 saturated heterocycles. The van der Waals surface area contributed by atoms with Gasteiger partial charge in [-0.3, -0.25) is 14.5 Å². The first-order valence-corrected chi connectivity index (χ1v) is 11.1. The van der Waals surface area contributed by atoms with E-state index in [2.05, 4.69) is 18.7 Å². The van der Waals surface area contributed by atoms with Crippen LogP contribution in [-0.4, -0.2) is 72.9 Å². The number of methoxy groups -OCH3 is 1. The van der Waals surface area contributed by atoms with E-state index < -0.39 is 0 Å². The summed E-state index contributed by atoms with van der Waals surface area (Å²) in [6, 6.07) is 15.2. The van der Waals surface area contributed by atoms with Crippen LogP contribution in [0.4, 0.5) is 0 Å². The number of hydrogen-bond donors (Lipinski definition) is 0. The Balaban J connectivity index is 1.62. The van der Waals surface area contributed by atoms with E-state index in [-0.39, 0.29) is 11.8 Å². The minimum absolute atomic E-state index is 0.0287. The highest BCUT2D eigenvalue weighted by atomic mass is 16.5. The van der Waals surface area contributed by atoms with Crippen LogP contribution in [0.2, 0.25) is 0 Å². The van der Waals surface area contributed by atoms with Gasteiger partial charge in [-0.05, 0) is 49.3 Å². The molecule has 1 heterocycles. The van der Waals surface area contributed by atoms with Gasteiger partial charge >= 0.3 is 0 Å². The molecule has 166 valence electrons. The molecule has 0 aromatic heterocycles. The molecule has 2 aromatic rings. The second-order valence-electron chi connectivity index (χ2n) is 7.80. The zero-order chi connectivity index (χ0) is 22.2. The first kappa shape index (κ1) is 22.8. The molecule has 6 nitrogen and oxygen atoms in total. The fourth-order valence-corrected chi connectivity index (χ4v) is 3.96. The summed E-state index contributed by atoms with van der Waals surface area (Å²) in [5.74, 6) is 0.558. The third-order valence-electron chi connectivity index (χ3n) is 5.91. The summed E-state index contributed by atoms with van der Waals surface area (Å²) in [6.07, 6.45) is 0.757. The van der Waals surface area contributed by atoms with Gasteiger partial charge in [0, 0.05) is 38.3 Å². The van der Waals surface area contributed by atoms with Gasteiger partial charge in [-0.15, -0.1) is 0 Å². The summed E-state index contributed by atoms with van der Waals surface area (Å²) in [5, 5.41) is 0. The van der Waals surface area contributed by atoms with Gasteiger partial charge in [0.15, 0.2) is 0 Å². The molecule has 0 spiro atoms. The van der Waals surface area contributed by atoms with E-state index in [9.17, 15) is 9.59 Å². The van der Waals surface area contributed by atoms with Crippen LogP contribution in [0.1, 0.15) is 46.5 Å². The third kappa shape index (κ3) is 5.64. The van der Waals surface area contributed by atoms with Gasteiger partial charge in [-0.2, -0.15) is 0 Å². The Kier molecular flexibility index (Phi) is 8.06. The van der Waals surface area contributed by atoms with Crippen LogP contribution < -0.4 is 4.74 Å². The Bertz CT molecular complexity index is 878. The van der Waals surface area contributed by atoms with E-state index in [0.29, 0.717) is 43.1 Å². The number of benzene rings is 2. The monoisotopic (exact) mass is 423 g/mol. The van der Waals surface area contributed by atoms with Crippen LogP contribution in [0, 0.1) is 0 Å².